The summed E-state index contributed by atoms with van der Waals surface area (Å²) in [7, 11) is 0. The van der Waals surface area contributed by atoms with Gasteiger partial charge in [-0.2, -0.15) is 0 Å². The third-order valence-electron chi connectivity index (χ3n) is 5.34. The van der Waals surface area contributed by atoms with Gasteiger partial charge in [-0.1, -0.05) is 37.7 Å². The molecule has 8 heteroatoms. The van der Waals surface area contributed by atoms with Crippen LogP contribution in [0.1, 0.15) is 37.0 Å². The summed E-state index contributed by atoms with van der Waals surface area (Å²) in [6.07, 6.45) is 0.0323. The molecule has 7 nitrogen and oxygen atoms in total. The maximum Gasteiger partial charge on any atom is 0.252 e. The molecule has 4 N–H and O–H groups in total. The zero-order valence-electron chi connectivity index (χ0n) is 17.6. The second kappa shape index (κ2) is 9.30. The number of aliphatic hydroxyl groups is 1. The van der Waals surface area contributed by atoms with Crippen LogP contribution in [-0.2, 0) is 9.53 Å². The van der Waals surface area contributed by atoms with Crippen molar-refractivity contribution in [3.8, 4) is 0 Å². The number of hydrogen-bond acceptors (Lipinski definition) is 6. The van der Waals surface area contributed by atoms with Crippen molar-refractivity contribution in [3.05, 3.63) is 48.0 Å². The van der Waals surface area contributed by atoms with Gasteiger partial charge in [0.1, 0.15) is 6.04 Å². The molecular formula is C23H27N3O4S. The standard InChI is InChI=1S/C23H27N3O4S/c1-13(2)11-18(22(28)25-16-9-10-30-23(16)29)26-21(27)14-7-8-20-17(12-14)24-15-5-3-4-6-19(15)31-20/h3-8,12-13,16,18,23-24,29H,9-11H2,1-2H3,(H,25,28)(H,26,27)/t16?,18-,23-/m1/s1. The molecule has 1 saturated heterocycles. The minimum Gasteiger partial charge on any atom is -0.366 e. The largest absolute Gasteiger partial charge is 0.366 e. The maximum atomic E-state index is 13.0. The van der Waals surface area contributed by atoms with Gasteiger partial charge in [0.25, 0.3) is 5.91 Å². The van der Waals surface area contributed by atoms with Gasteiger partial charge in [-0.25, -0.2) is 0 Å². The highest BCUT2D eigenvalue weighted by Crippen LogP contribution is 2.44. The van der Waals surface area contributed by atoms with Crippen molar-refractivity contribution in [2.75, 3.05) is 11.9 Å². The number of aliphatic hydroxyl groups excluding tert-OH is 1. The Kier molecular flexibility index (Phi) is 6.50. The van der Waals surface area contributed by atoms with Crippen LogP contribution >= 0.6 is 11.8 Å². The fourth-order valence-electron chi connectivity index (χ4n) is 3.73. The highest BCUT2D eigenvalue weighted by atomic mass is 32.2. The number of rotatable bonds is 6. The molecule has 2 aliphatic heterocycles. The van der Waals surface area contributed by atoms with E-state index in [0.29, 0.717) is 25.0 Å². The lowest BCUT2D eigenvalue weighted by Crippen LogP contribution is -2.51. The van der Waals surface area contributed by atoms with Gasteiger partial charge in [0.2, 0.25) is 5.91 Å². The lowest BCUT2D eigenvalue weighted by Gasteiger charge is -2.24. The van der Waals surface area contributed by atoms with Gasteiger partial charge in [0, 0.05) is 15.4 Å². The van der Waals surface area contributed by atoms with Gasteiger partial charge >= 0.3 is 0 Å². The predicted molar refractivity (Wildman–Crippen MR) is 120 cm³/mol. The van der Waals surface area contributed by atoms with Crippen molar-refractivity contribution < 1.29 is 19.4 Å². The molecule has 0 aromatic heterocycles. The smallest absolute Gasteiger partial charge is 0.252 e. The molecule has 2 aromatic rings. The molecule has 0 saturated carbocycles. The lowest BCUT2D eigenvalue weighted by molar-refractivity contribution is -0.127. The molecule has 0 bridgehead atoms. The number of carbonyl (C=O) groups is 2. The minimum atomic E-state index is -1.01. The van der Waals surface area contributed by atoms with E-state index in [9.17, 15) is 14.7 Å². The summed E-state index contributed by atoms with van der Waals surface area (Å²) in [5.41, 5.74) is 2.36. The van der Waals surface area contributed by atoms with E-state index in [1.54, 1.807) is 17.8 Å². The number of carbonyl (C=O) groups excluding carboxylic acids is 2. The minimum absolute atomic E-state index is 0.207. The summed E-state index contributed by atoms with van der Waals surface area (Å²) < 4.78 is 5.10. The molecule has 1 fully saturated rings. The average molecular weight is 442 g/mol. The number of para-hydroxylation sites is 1. The predicted octanol–water partition coefficient (Wildman–Crippen LogP) is 3.26. The Bertz CT molecular complexity index is 981. The van der Waals surface area contributed by atoms with E-state index in [1.165, 1.54) is 0 Å². The van der Waals surface area contributed by atoms with E-state index >= 15 is 0 Å². The van der Waals surface area contributed by atoms with Crippen molar-refractivity contribution in [1.82, 2.24) is 10.6 Å². The van der Waals surface area contributed by atoms with Crippen LogP contribution in [0.15, 0.2) is 52.3 Å². The van der Waals surface area contributed by atoms with Gasteiger partial charge in [-0.3, -0.25) is 9.59 Å². The van der Waals surface area contributed by atoms with Crippen molar-refractivity contribution in [2.24, 2.45) is 5.92 Å². The molecule has 0 radical (unpaired) electrons. The summed E-state index contributed by atoms with van der Waals surface area (Å²) in [5, 5.41) is 18.9. The monoisotopic (exact) mass is 441 g/mol. The van der Waals surface area contributed by atoms with E-state index in [1.807, 2.05) is 44.2 Å². The van der Waals surface area contributed by atoms with Crippen LogP contribution in [0.4, 0.5) is 11.4 Å². The molecule has 0 aliphatic carbocycles. The van der Waals surface area contributed by atoms with Crippen LogP contribution in [0.2, 0.25) is 0 Å². The Morgan fingerprint density at radius 1 is 1.19 bits per heavy atom. The first-order valence-electron chi connectivity index (χ1n) is 10.5. The van der Waals surface area contributed by atoms with Crippen LogP contribution in [0.5, 0.6) is 0 Å². The summed E-state index contributed by atoms with van der Waals surface area (Å²) in [6, 6.07) is 12.4. The number of anilines is 2. The molecule has 31 heavy (non-hydrogen) atoms. The van der Waals surface area contributed by atoms with Gasteiger partial charge in [0.05, 0.1) is 24.0 Å². The molecule has 1 unspecified atom stereocenters. The first-order valence-corrected chi connectivity index (χ1v) is 11.3. The number of amides is 2. The number of fused-ring (bicyclic) bond motifs is 2. The second-order valence-corrected chi connectivity index (χ2v) is 9.34. The molecule has 2 aromatic carbocycles. The van der Waals surface area contributed by atoms with E-state index in [2.05, 4.69) is 22.0 Å². The number of hydrogen-bond donors (Lipinski definition) is 4. The summed E-state index contributed by atoms with van der Waals surface area (Å²) in [6.45, 7) is 4.39. The highest BCUT2D eigenvalue weighted by molar-refractivity contribution is 7.99. The van der Waals surface area contributed by atoms with Gasteiger partial charge in [-0.05, 0) is 49.1 Å². The summed E-state index contributed by atoms with van der Waals surface area (Å²) >= 11 is 1.65. The molecule has 3 atom stereocenters. The van der Waals surface area contributed by atoms with Crippen molar-refractivity contribution in [3.63, 3.8) is 0 Å². The zero-order valence-corrected chi connectivity index (χ0v) is 18.4. The number of ether oxygens (including phenoxy) is 1. The molecular weight excluding hydrogens is 414 g/mol. The van der Waals surface area contributed by atoms with Crippen LogP contribution in [0.25, 0.3) is 0 Å². The first-order chi connectivity index (χ1) is 14.9. The Balaban J connectivity index is 1.46. The fraction of sp³-hybridized carbons (Fsp3) is 0.391. The normalized spacial score (nSPS) is 20.4. The Morgan fingerprint density at radius 2 is 1.97 bits per heavy atom. The summed E-state index contributed by atoms with van der Waals surface area (Å²) in [5.74, 6) is -0.409. The van der Waals surface area contributed by atoms with Crippen molar-refractivity contribution in [1.29, 1.82) is 0 Å². The molecule has 0 spiro atoms. The average Bonchev–Trinajstić information content (AvgIpc) is 3.15. The van der Waals surface area contributed by atoms with Gasteiger partial charge in [0.15, 0.2) is 6.29 Å². The maximum absolute atomic E-state index is 13.0. The molecule has 2 aliphatic rings. The lowest BCUT2D eigenvalue weighted by atomic mass is 10.0. The fourth-order valence-corrected chi connectivity index (χ4v) is 4.69. The van der Waals surface area contributed by atoms with E-state index in [0.717, 1.165) is 21.2 Å². The first kappa shape index (κ1) is 21.7. The van der Waals surface area contributed by atoms with E-state index in [4.69, 9.17) is 4.74 Å². The zero-order chi connectivity index (χ0) is 22.0. The topological polar surface area (TPSA) is 99.7 Å². The van der Waals surface area contributed by atoms with Crippen molar-refractivity contribution >= 4 is 35.0 Å². The van der Waals surface area contributed by atoms with Crippen LogP contribution < -0.4 is 16.0 Å². The molecule has 164 valence electrons. The van der Waals surface area contributed by atoms with Crippen LogP contribution in [-0.4, -0.2) is 41.9 Å². The third kappa shape index (κ3) is 5.03. The van der Waals surface area contributed by atoms with Crippen LogP contribution in [0, 0.1) is 5.92 Å². The van der Waals surface area contributed by atoms with Gasteiger partial charge in [-0.15, -0.1) is 0 Å². The van der Waals surface area contributed by atoms with Crippen LogP contribution in [0.3, 0.4) is 0 Å². The SMILES string of the molecule is CC(C)C[C@@H](NC(=O)c1ccc2c(c1)Nc1ccccc1S2)C(=O)NC1CCO[C@H]1O. The van der Waals surface area contributed by atoms with Crippen molar-refractivity contribution in [2.45, 2.75) is 54.9 Å². The Morgan fingerprint density at radius 3 is 2.71 bits per heavy atom. The Labute approximate surface area is 185 Å². The van der Waals surface area contributed by atoms with E-state index < -0.39 is 18.4 Å². The quantitative estimate of drug-likeness (QED) is 0.469. The second-order valence-electron chi connectivity index (χ2n) is 8.25. The molecule has 4 rings (SSSR count). The molecule has 2 amide bonds. The third-order valence-corrected chi connectivity index (χ3v) is 6.49. The van der Waals surface area contributed by atoms with E-state index in [-0.39, 0.29) is 17.7 Å². The number of benzene rings is 2. The number of nitrogens with one attached hydrogen (secondary N) is 3. The highest BCUT2D eigenvalue weighted by Gasteiger charge is 2.31. The van der Waals surface area contributed by atoms with Gasteiger partial charge < -0.3 is 25.8 Å². The Hall–Kier alpha value is -2.55. The molecule has 2 heterocycles. The summed E-state index contributed by atoms with van der Waals surface area (Å²) in [4.78, 5) is 28.0.